The van der Waals surface area contributed by atoms with Crippen LogP contribution in [0.25, 0.3) is 0 Å². The van der Waals surface area contributed by atoms with Gasteiger partial charge in [0.05, 0.1) is 6.10 Å². The zero-order chi connectivity index (χ0) is 19.4. The summed E-state index contributed by atoms with van der Waals surface area (Å²) in [5.41, 5.74) is 1.86. The number of ketones is 1. The largest absolute Gasteiger partial charge is 0.392 e. The van der Waals surface area contributed by atoms with Crippen molar-refractivity contribution in [2.75, 3.05) is 13.1 Å². The monoisotopic (exact) mass is 381 g/mol. The Kier molecular flexibility index (Phi) is 4.48. The molecule has 1 heterocycles. The second-order valence-corrected chi connectivity index (χ2v) is 10.7. The highest BCUT2D eigenvalue weighted by atomic mass is 16.3. The maximum atomic E-state index is 13.8. The van der Waals surface area contributed by atoms with E-state index in [4.69, 9.17) is 0 Å². The average Bonchev–Trinajstić information content (AvgIpc) is 2.69. The Morgan fingerprint density at radius 2 is 1.96 bits per heavy atom. The van der Waals surface area contributed by atoms with E-state index in [2.05, 4.69) is 42.6 Å². The molecule has 4 aliphatic carbocycles. The van der Waals surface area contributed by atoms with Crippen molar-refractivity contribution in [2.45, 2.75) is 76.2 Å². The van der Waals surface area contributed by atoms with Gasteiger partial charge in [0.25, 0.3) is 0 Å². The summed E-state index contributed by atoms with van der Waals surface area (Å²) in [7, 11) is 0. The number of carbonyl (C=O) groups is 1. The van der Waals surface area contributed by atoms with E-state index in [-0.39, 0.29) is 22.9 Å². The van der Waals surface area contributed by atoms with Crippen molar-refractivity contribution in [2.24, 2.45) is 22.7 Å². The minimum absolute atomic E-state index is 0.143. The van der Waals surface area contributed by atoms with Crippen LogP contribution in [0.15, 0.2) is 30.3 Å². The van der Waals surface area contributed by atoms with Crippen molar-refractivity contribution >= 4 is 5.78 Å². The number of β-amino-alcohol motifs (C(OH)–C–C–N with tert-alkyl or cyclic N) is 1. The van der Waals surface area contributed by atoms with E-state index in [9.17, 15) is 9.90 Å². The Balaban J connectivity index is 1.48. The zero-order valence-electron chi connectivity index (χ0n) is 17.3. The third-order valence-corrected chi connectivity index (χ3v) is 8.95. The average molecular weight is 382 g/mol. The summed E-state index contributed by atoms with van der Waals surface area (Å²) in [6, 6.07) is 11.1. The molecule has 3 heteroatoms. The fourth-order valence-electron chi connectivity index (χ4n) is 8.05. The number of nitrogens with one attached hydrogen (secondary N) is 1. The van der Waals surface area contributed by atoms with Crippen LogP contribution < -0.4 is 5.32 Å². The molecule has 0 aromatic heterocycles. The second kappa shape index (κ2) is 6.67. The number of rotatable bonds is 5. The SMILES string of the molecule is CC[C@]12CC3CC(C(=O)C[C@@H]4CCNC[C@H]4O)(C1)C[C@@](c1ccccc1)(C3)C2. The Morgan fingerprint density at radius 3 is 2.71 bits per heavy atom. The van der Waals surface area contributed by atoms with Crippen LogP contribution in [0.2, 0.25) is 0 Å². The highest BCUT2D eigenvalue weighted by Gasteiger charge is 2.65. The highest BCUT2D eigenvalue weighted by molar-refractivity contribution is 5.86. The van der Waals surface area contributed by atoms with E-state index >= 15 is 0 Å². The highest BCUT2D eigenvalue weighted by Crippen LogP contribution is 2.71. The zero-order valence-corrected chi connectivity index (χ0v) is 17.3. The fraction of sp³-hybridized carbons (Fsp3) is 0.720. The van der Waals surface area contributed by atoms with Crippen LogP contribution in [0.1, 0.15) is 70.3 Å². The van der Waals surface area contributed by atoms with Gasteiger partial charge in [-0.25, -0.2) is 0 Å². The van der Waals surface area contributed by atoms with Crippen molar-refractivity contribution in [3.8, 4) is 0 Å². The predicted molar refractivity (Wildman–Crippen MR) is 111 cm³/mol. The first-order chi connectivity index (χ1) is 13.5. The molecule has 3 nitrogen and oxygen atoms in total. The predicted octanol–water partition coefficient (Wildman–Crippen LogP) is 4.23. The normalized spacial score (nSPS) is 44.6. The molecule has 28 heavy (non-hydrogen) atoms. The van der Waals surface area contributed by atoms with Crippen molar-refractivity contribution < 1.29 is 9.90 Å². The van der Waals surface area contributed by atoms with Crippen LogP contribution in [0.4, 0.5) is 0 Å². The molecule has 2 unspecified atom stereocenters. The van der Waals surface area contributed by atoms with Gasteiger partial charge in [0.15, 0.2) is 0 Å². The molecule has 0 radical (unpaired) electrons. The molecule has 1 saturated heterocycles. The second-order valence-electron chi connectivity index (χ2n) is 10.7. The molecule has 0 spiro atoms. The maximum absolute atomic E-state index is 13.8. The van der Waals surface area contributed by atoms with E-state index in [1.165, 1.54) is 31.2 Å². The summed E-state index contributed by atoms with van der Waals surface area (Å²) in [6.07, 6.45) is 9.44. The first-order valence-electron chi connectivity index (χ1n) is 11.5. The lowest BCUT2D eigenvalue weighted by molar-refractivity contribution is -0.162. The molecule has 5 fully saturated rings. The molecule has 0 amide bonds. The van der Waals surface area contributed by atoms with Crippen molar-refractivity contribution in [1.82, 2.24) is 5.32 Å². The Labute approximate surface area is 169 Å². The topological polar surface area (TPSA) is 49.3 Å². The quantitative estimate of drug-likeness (QED) is 0.802. The molecule has 152 valence electrons. The third kappa shape index (κ3) is 2.89. The number of benzene rings is 1. The Morgan fingerprint density at radius 1 is 1.14 bits per heavy atom. The minimum atomic E-state index is -0.366. The van der Waals surface area contributed by atoms with Crippen LogP contribution >= 0.6 is 0 Å². The molecule has 1 aromatic carbocycles. The number of Topliss-reactive ketones (excluding diaryl/α,β-unsaturated/α-hetero) is 1. The van der Waals surface area contributed by atoms with E-state index < -0.39 is 0 Å². The van der Waals surface area contributed by atoms with E-state index in [1.807, 2.05) is 0 Å². The van der Waals surface area contributed by atoms with Gasteiger partial charge < -0.3 is 10.4 Å². The first-order valence-corrected chi connectivity index (χ1v) is 11.5. The van der Waals surface area contributed by atoms with Crippen molar-refractivity contribution in [3.05, 3.63) is 35.9 Å². The van der Waals surface area contributed by atoms with Crippen LogP contribution in [-0.4, -0.2) is 30.1 Å². The number of carbonyl (C=O) groups excluding carboxylic acids is 1. The summed E-state index contributed by atoms with van der Waals surface area (Å²) in [6.45, 7) is 3.92. The molecule has 6 rings (SSSR count). The molecule has 1 aromatic rings. The Bertz CT molecular complexity index is 748. The molecular weight excluding hydrogens is 346 g/mol. The number of hydrogen-bond acceptors (Lipinski definition) is 3. The van der Waals surface area contributed by atoms with Gasteiger partial charge in [-0.05, 0) is 79.7 Å². The lowest BCUT2D eigenvalue weighted by atomic mass is 9.37. The molecule has 4 saturated carbocycles. The van der Waals surface area contributed by atoms with E-state index in [0.717, 1.165) is 32.2 Å². The van der Waals surface area contributed by atoms with Gasteiger partial charge in [0, 0.05) is 18.4 Å². The minimum Gasteiger partial charge on any atom is -0.392 e. The molecule has 5 aliphatic rings. The van der Waals surface area contributed by atoms with Gasteiger partial charge in [-0.15, -0.1) is 0 Å². The third-order valence-electron chi connectivity index (χ3n) is 8.95. The summed E-state index contributed by atoms with van der Waals surface area (Å²) in [4.78, 5) is 13.8. The molecule has 2 N–H and O–H groups in total. The summed E-state index contributed by atoms with van der Waals surface area (Å²) in [5.74, 6) is 1.31. The lowest BCUT2D eigenvalue weighted by Gasteiger charge is -2.66. The lowest BCUT2D eigenvalue weighted by Crippen LogP contribution is -2.61. The number of aliphatic hydroxyl groups excluding tert-OH is 1. The summed E-state index contributed by atoms with van der Waals surface area (Å²) in [5, 5.41) is 13.7. The molecule has 1 aliphatic heterocycles. The summed E-state index contributed by atoms with van der Waals surface area (Å²) < 4.78 is 0. The van der Waals surface area contributed by atoms with Crippen LogP contribution in [0.3, 0.4) is 0 Å². The smallest absolute Gasteiger partial charge is 0.139 e. The molecule has 4 bridgehead atoms. The number of hydrogen-bond donors (Lipinski definition) is 2. The van der Waals surface area contributed by atoms with Crippen LogP contribution in [0, 0.1) is 22.7 Å². The van der Waals surface area contributed by atoms with Crippen molar-refractivity contribution in [3.63, 3.8) is 0 Å². The van der Waals surface area contributed by atoms with Gasteiger partial charge in [-0.3, -0.25) is 4.79 Å². The van der Waals surface area contributed by atoms with Crippen LogP contribution in [-0.2, 0) is 10.2 Å². The van der Waals surface area contributed by atoms with E-state index in [0.29, 0.717) is 30.1 Å². The molecular formula is C25H35NO2. The number of aliphatic hydroxyl groups is 1. The Hall–Kier alpha value is -1.19. The standard InChI is InChI=1S/C25H35NO2/c1-2-23-11-18-12-24(15-23,20-6-4-3-5-7-20)17-25(13-18,16-23)22(28)10-19-8-9-26-14-21(19)27/h3-7,18-19,21,26-27H,2,8-17H2,1H3/t18?,19-,21+,23+,24+,25?/m0/s1. The first kappa shape index (κ1) is 18.8. The van der Waals surface area contributed by atoms with Gasteiger partial charge >= 0.3 is 0 Å². The van der Waals surface area contributed by atoms with Crippen molar-refractivity contribution in [1.29, 1.82) is 0 Å². The van der Waals surface area contributed by atoms with Gasteiger partial charge in [0.2, 0.25) is 0 Å². The fourth-order valence-corrected chi connectivity index (χ4v) is 8.05. The van der Waals surface area contributed by atoms with Gasteiger partial charge in [0.1, 0.15) is 5.78 Å². The number of piperidine rings is 1. The summed E-state index contributed by atoms with van der Waals surface area (Å²) >= 11 is 0. The van der Waals surface area contributed by atoms with E-state index in [1.54, 1.807) is 0 Å². The van der Waals surface area contributed by atoms with Gasteiger partial charge in [-0.1, -0.05) is 43.7 Å². The van der Waals surface area contributed by atoms with Crippen LogP contribution in [0.5, 0.6) is 0 Å². The molecule has 6 atom stereocenters. The maximum Gasteiger partial charge on any atom is 0.139 e. The van der Waals surface area contributed by atoms with Gasteiger partial charge in [-0.2, -0.15) is 0 Å².